The number of allylic oxidation sites excluding steroid dienone is 24. The van der Waals surface area contributed by atoms with Gasteiger partial charge in [-0.1, -0.05) is 372 Å². The van der Waals surface area contributed by atoms with Crippen molar-refractivity contribution in [2.24, 2.45) is 5.73 Å². The first-order valence-corrected chi connectivity index (χ1v) is 41.8. The highest BCUT2D eigenvalue weighted by molar-refractivity contribution is 7.47. The van der Waals surface area contributed by atoms with E-state index in [1.165, 1.54) is 218 Å². The van der Waals surface area contributed by atoms with E-state index in [1.807, 2.05) is 0 Å². The van der Waals surface area contributed by atoms with Crippen molar-refractivity contribution in [1.82, 2.24) is 0 Å². The Kier molecular flexibility index (Phi) is 77.4. The molecule has 10 heteroatoms. The molecule has 3 N–H and O–H groups in total. The van der Waals surface area contributed by atoms with Crippen LogP contribution in [0.25, 0.3) is 0 Å². The second kappa shape index (κ2) is 80.9. The first kappa shape index (κ1) is 92.9. The third kappa shape index (κ3) is 80.8. The molecule has 0 saturated carbocycles. The van der Waals surface area contributed by atoms with E-state index in [0.717, 1.165) is 109 Å². The fraction of sp³-hybridized carbons (Fsp3) is 0.701. The molecule has 2 unspecified atom stereocenters. The first-order valence-electron chi connectivity index (χ1n) is 40.3. The minimum absolute atomic E-state index is 0.0418. The number of phosphoric ester groups is 1. The number of ether oxygens (including phenoxy) is 2. The molecule has 0 rings (SSSR count). The maximum absolute atomic E-state index is 12.8. The lowest BCUT2D eigenvalue weighted by atomic mass is 10.0. The zero-order valence-electron chi connectivity index (χ0n) is 62.8. The number of unbranched alkanes of at least 4 members (excludes halogenated alkanes) is 38. The monoisotopic (exact) mass is 1370 g/mol. The van der Waals surface area contributed by atoms with Gasteiger partial charge < -0.3 is 20.1 Å². The van der Waals surface area contributed by atoms with Gasteiger partial charge in [-0.15, -0.1) is 0 Å². The van der Waals surface area contributed by atoms with Crippen molar-refractivity contribution in [1.29, 1.82) is 0 Å². The van der Waals surface area contributed by atoms with Gasteiger partial charge in [0.1, 0.15) is 6.61 Å². The lowest BCUT2D eigenvalue weighted by Crippen LogP contribution is -2.29. The van der Waals surface area contributed by atoms with Crippen LogP contribution in [0.2, 0.25) is 0 Å². The fourth-order valence-electron chi connectivity index (χ4n) is 11.3. The smallest absolute Gasteiger partial charge is 0.462 e. The van der Waals surface area contributed by atoms with Gasteiger partial charge in [-0.05, 0) is 122 Å². The van der Waals surface area contributed by atoms with Gasteiger partial charge in [0.25, 0.3) is 0 Å². The van der Waals surface area contributed by atoms with Crippen molar-refractivity contribution >= 4 is 19.8 Å². The lowest BCUT2D eigenvalue weighted by Gasteiger charge is -2.19. The van der Waals surface area contributed by atoms with Gasteiger partial charge in [-0.3, -0.25) is 18.6 Å². The van der Waals surface area contributed by atoms with Crippen LogP contribution < -0.4 is 5.73 Å². The van der Waals surface area contributed by atoms with Crippen LogP contribution in [0.15, 0.2) is 146 Å². The SMILES string of the molecule is CC/C=C\C/C=C\C/C=C\C/C=C\C/C=C\C/C=C\C/C=C\C/C=C\C/C=C\C/C=C\C/C=C\CCCCCC(=O)OC(COC(=O)CCCCCCCCCCCCCCCCCCCCCCCCCCCCC/C=C\CCCCCCCCCC)COP(=O)(O)OCCN. The second-order valence-corrected chi connectivity index (χ2v) is 28.0. The molecule has 0 aromatic carbocycles. The Morgan fingerprint density at radius 2 is 0.567 bits per heavy atom. The van der Waals surface area contributed by atoms with E-state index in [-0.39, 0.29) is 38.6 Å². The van der Waals surface area contributed by atoms with Crippen molar-refractivity contribution in [2.75, 3.05) is 26.4 Å². The molecule has 0 saturated heterocycles. The van der Waals surface area contributed by atoms with E-state index in [9.17, 15) is 19.0 Å². The third-order valence-electron chi connectivity index (χ3n) is 17.2. The molecule has 2 atom stereocenters. The zero-order chi connectivity index (χ0) is 70.0. The van der Waals surface area contributed by atoms with Crippen LogP contribution in [-0.2, 0) is 32.7 Å². The molecule has 0 fully saturated rings. The Balaban J connectivity index is 3.90. The Morgan fingerprint density at radius 1 is 0.320 bits per heavy atom. The number of carbonyl (C=O) groups excluding carboxylic acids is 2. The van der Waals surface area contributed by atoms with E-state index in [2.05, 4.69) is 160 Å². The highest BCUT2D eigenvalue weighted by atomic mass is 31.2. The molecule has 0 heterocycles. The standard InChI is InChI=1S/C87H150NO8P/c1-3-5-7-9-11-13-15-17-19-21-23-25-27-29-31-33-35-37-39-41-42-44-45-47-49-51-53-55-57-59-61-63-65-67-69-71-73-75-77-79-86(89)93-83-85(84-95-97(91,92)94-82-81-88)96-87(90)80-78-76-74-72-70-68-66-64-62-60-58-56-54-52-50-48-46-43-40-38-36-34-32-30-28-26-24-22-20-18-16-14-12-10-8-6-4-2/h6,8,12,14,18,20-21,23-24,26,30,32,36,38,43,46,50,52,56,58,62,64,68,70,85H,3-5,7,9-11,13,15-17,19,22,25,27-29,31,33-35,37,39-42,44-45,47-49,51,53-55,57,59-61,63,65-67,69,71-84,88H2,1-2H3,(H,91,92)/b8-6-,14-12-,20-18-,23-21-,26-24-,32-30-,38-36-,46-43-,52-50-,58-56-,64-62-,70-68-. The zero-order valence-corrected chi connectivity index (χ0v) is 63.7. The Bertz CT molecular complexity index is 2110. The fourth-order valence-corrected chi connectivity index (χ4v) is 12.1. The topological polar surface area (TPSA) is 134 Å². The van der Waals surface area contributed by atoms with E-state index >= 15 is 0 Å². The van der Waals surface area contributed by atoms with E-state index in [4.69, 9.17) is 24.3 Å². The van der Waals surface area contributed by atoms with Crippen molar-refractivity contribution in [3.8, 4) is 0 Å². The summed E-state index contributed by atoms with van der Waals surface area (Å²) >= 11 is 0. The number of nitrogens with two attached hydrogens (primary N) is 1. The van der Waals surface area contributed by atoms with Crippen LogP contribution in [0.1, 0.15) is 361 Å². The van der Waals surface area contributed by atoms with Crippen molar-refractivity contribution < 1.29 is 37.6 Å². The predicted molar refractivity (Wildman–Crippen MR) is 422 cm³/mol. The van der Waals surface area contributed by atoms with Gasteiger partial charge in [0, 0.05) is 19.4 Å². The average molecular weight is 1370 g/mol. The summed E-state index contributed by atoms with van der Waals surface area (Å²) in [5, 5.41) is 0. The molecule has 0 aromatic rings. The van der Waals surface area contributed by atoms with Crippen LogP contribution in [0.3, 0.4) is 0 Å². The first-order chi connectivity index (χ1) is 47.8. The van der Waals surface area contributed by atoms with Gasteiger partial charge >= 0.3 is 19.8 Å². The number of carbonyl (C=O) groups is 2. The molecule has 0 aliphatic heterocycles. The Labute approximate surface area is 598 Å². The van der Waals surface area contributed by atoms with Crippen LogP contribution >= 0.6 is 7.82 Å². The Hall–Kier alpha value is -4.11. The molecule has 9 nitrogen and oxygen atoms in total. The van der Waals surface area contributed by atoms with E-state index in [0.29, 0.717) is 6.42 Å². The summed E-state index contributed by atoms with van der Waals surface area (Å²) in [6, 6.07) is 0. The maximum atomic E-state index is 12.8. The highest BCUT2D eigenvalue weighted by Gasteiger charge is 2.26. The maximum Gasteiger partial charge on any atom is 0.472 e. The number of phosphoric acid groups is 1. The quantitative estimate of drug-likeness (QED) is 0.0264. The molecule has 0 radical (unpaired) electrons. The number of rotatable bonds is 75. The van der Waals surface area contributed by atoms with Gasteiger partial charge in [0.05, 0.1) is 13.2 Å². The van der Waals surface area contributed by atoms with Crippen LogP contribution in [0.4, 0.5) is 0 Å². The molecule has 0 spiro atoms. The summed E-state index contributed by atoms with van der Waals surface area (Å²) in [4.78, 5) is 35.4. The average Bonchev–Trinajstić information content (AvgIpc) is 2.17. The summed E-state index contributed by atoms with van der Waals surface area (Å²) < 4.78 is 33.2. The van der Waals surface area contributed by atoms with Gasteiger partial charge in [-0.25, -0.2) is 4.57 Å². The molecule has 0 bridgehead atoms. The van der Waals surface area contributed by atoms with E-state index in [1.54, 1.807) is 0 Å². The number of hydrogen-bond acceptors (Lipinski definition) is 8. The summed E-state index contributed by atoms with van der Waals surface area (Å²) in [6.07, 6.45) is 117. The van der Waals surface area contributed by atoms with Crippen LogP contribution in [-0.4, -0.2) is 49.3 Å². The van der Waals surface area contributed by atoms with Gasteiger partial charge in [-0.2, -0.15) is 0 Å². The Morgan fingerprint density at radius 3 is 0.866 bits per heavy atom. The number of hydrogen-bond donors (Lipinski definition) is 2. The summed E-state index contributed by atoms with van der Waals surface area (Å²) in [7, 11) is -4.42. The number of esters is 2. The van der Waals surface area contributed by atoms with E-state index < -0.39 is 26.5 Å². The summed E-state index contributed by atoms with van der Waals surface area (Å²) in [6.45, 7) is 3.62. The summed E-state index contributed by atoms with van der Waals surface area (Å²) in [5.74, 6) is -0.863. The molecular formula is C87H150NO8P. The predicted octanol–water partition coefficient (Wildman–Crippen LogP) is 27.3. The molecule has 0 aliphatic carbocycles. The molecular weight excluding hydrogens is 1220 g/mol. The van der Waals surface area contributed by atoms with Gasteiger partial charge in [0.2, 0.25) is 0 Å². The van der Waals surface area contributed by atoms with Crippen molar-refractivity contribution in [3.63, 3.8) is 0 Å². The molecule has 0 aliphatic rings. The van der Waals surface area contributed by atoms with Crippen molar-refractivity contribution in [3.05, 3.63) is 146 Å². The van der Waals surface area contributed by atoms with Crippen LogP contribution in [0, 0.1) is 0 Å². The third-order valence-corrected chi connectivity index (χ3v) is 18.2. The summed E-state index contributed by atoms with van der Waals surface area (Å²) in [5.41, 5.74) is 5.41. The largest absolute Gasteiger partial charge is 0.472 e. The minimum Gasteiger partial charge on any atom is -0.462 e. The second-order valence-electron chi connectivity index (χ2n) is 26.6. The molecule has 0 amide bonds. The lowest BCUT2D eigenvalue weighted by molar-refractivity contribution is -0.161. The van der Waals surface area contributed by atoms with Gasteiger partial charge in [0.15, 0.2) is 6.10 Å². The molecule has 556 valence electrons. The molecule has 97 heavy (non-hydrogen) atoms. The normalized spacial score (nSPS) is 13.6. The minimum atomic E-state index is -4.42. The van der Waals surface area contributed by atoms with Crippen LogP contribution in [0.5, 0.6) is 0 Å². The highest BCUT2D eigenvalue weighted by Crippen LogP contribution is 2.43. The molecule has 0 aromatic heterocycles. The van der Waals surface area contributed by atoms with Crippen molar-refractivity contribution in [2.45, 2.75) is 367 Å².